The number of amides is 1. The van der Waals surface area contributed by atoms with Gasteiger partial charge in [-0.1, -0.05) is 72.8 Å². The largest absolute Gasteiger partial charge is 0.497 e. The molecule has 16 heteroatoms. The SMILES string of the molecule is COc1ccc(C(OC[C@H]2O[C@@H](n3cnc4c(NC(=O)COc5ccccc5)ncnc43)C[C@@H]2OC(CC(=O)O)C(=O)O)(c2ccccc2)c2ccc(OC)cc2)cc1. The number of carboxylic acid groups (broad SMARTS) is 2. The summed E-state index contributed by atoms with van der Waals surface area (Å²) < 4.78 is 37.9. The second-order valence-electron chi connectivity index (χ2n) is 13.5. The lowest BCUT2D eigenvalue weighted by Gasteiger charge is -2.37. The maximum atomic E-state index is 12.8. The molecule has 4 atom stereocenters. The summed E-state index contributed by atoms with van der Waals surface area (Å²) in [6, 6.07) is 33.4. The van der Waals surface area contributed by atoms with Gasteiger partial charge in [0.2, 0.25) is 0 Å². The number of carboxylic acids is 2. The van der Waals surface area contributed by atoms with Gasteiger partial charge in [0.15, 0.2) is 29.7 Å². The molecule has 0 bridgehead atoms. The number of hydrogen-bond donors (Lipinski definition) is 3. The van der Waals surface area contributed by atoms with E-state index in [4.69, 9.17) is 28.4 Å². The van der Waals surface area contributed by atoms with Crippen LogP contribution in [0, 0.1) is 0 Å². The Hall–Kier alpha value is -6.88. The van der Waals surface area contributed by atoms with E-state index in [1.807, 2.05) is 84.9 Å². The van der Waals surface area contributed by atoms with Crippen LogP contribution in [0.4, 0.5) is 5.82 Å². The first-order chi connectivity index (χ1) is 28.7. The molecule has 4 aromatic carbocycles. The van der Waals surface area contributed by atoms with Gasteiger partial charge in [0.25, 0.3) is 5.91 Å². The number of nitrogens with zero attached hydrogens (tertiary/aromatic N) is 4. The van der Waals surface area contributed by atoms with Crippen LogP contribution in [-0.2, 0) is 34.2 Å². The maximum absolute atomic E-state index is 12.8. The van der Waals surface area contributed by atoms with E-state index in [0.717, 1.165) is 16.7 Å². The van der Waals surface area contributed by atoms with Crippen LogP contribution in [0.5, 0.6) is 17.2 Å². The molecule has 1 fully saturated rings. The van der Waals surface area contributed by atoms with Crippen molar-refractivity contribution in [2.75, 3.05) is 32.8 Å². The predicted octanol–water partition coefficient (Wildman–Crippen LogP) is 5.47. The van der Waals surface area contributed by atoms with Crippen molar-refractivity contribution in [3.05, 3.63) is 139 Å². The van der Waals surface area contributed by atoms with Crippen LogP contribution in [0.15, 0.2) is 122 Å². The van der Waals surface area contributed by atoms with Gasteiger partial charge in [-0.05, 0) is 53.1 Å². The highest BCUT2D eigenvalue weighted by Crippen LogP contribution is 2.43. The van der Waals surface area contributed by atoms with Crippen LogP contribution in [-0.4, -0.2) is 93.3 Å². The first-order valence-corrected chi connectivity index (χ1v) is 18.6. The Labute approximate surface area is 338 Å². The van der Waals surface area contributed by atoms with E-state index in [0.29, 0.717) is 22.9 Å². The summed E-state index contributed by atoms with van der Waals surface area (Å²) in [5, 5.41) is 22.3. The van der Waals surface area contributed by atoms with E-state index in [1.165, 1.54) is 12.7 Å². The molecule has 0 saturated carbocycles. The van der Waals surface area contributed by atoms with Crippen molar-refractivity contribution in [2.24, 2.45) is 0 Å². The monoisotopic (exact) mass is 803 g/mol. The predicted molar refractivity (Wildman–Crippen MR) is 211 cm³/mol. The molecule has 1 aliphatic rings. The first kappa shape index (κ1) is 40.3. The summed E-state index contributed by atoms with van der Waals surface area (Å²) in [6.45, 7) is -0.431. The van der Waals surface area contributed by atoms with Crippen LogP contribution in [0.1, 0.15) is 35.8 Å². The number of nitrogens with one attached hydrogen (secondary N) is 1. The van der Waals surface area contributed by atoms with Crippen molar-refractivity contribution in [2.45, 2.75) is 43.0 Å². The summed E-state index contributed by atoms with van der Waals surface area (Å²) in [6.07, 6.45) is -2.44. The van der Waals surface area contributed by atoms with Gasteiger partial charge < -0.3 is 44.0 Å². The molecule has 0 aliphatic carbocycles. The van der Waals surface area contributed by atoms with Gasteiger partial charge in [-0.3, -0.25) is 14.2 Å². The molecule has 1 saturated heterocycles. The number of aliphatic carboxylic acids is 2. The molecule has 3 N–H and O–H groups in total. The van der Waals surface area contributed by atoms with Crippen LogP contribution < -0.4 is 19.5 Å². The van der Waals surface area contributed by atoms with Crippen LogP contribution in [0.3, 0.4) is 0 Å². The smallest absolute Gasteiger partial charge is 0.333 e. The number of carbonyl (C=O) groups excluding carboxylic acids is 1. The molecule has 304 valence electrons. The molecule has 1 amide bonds. The number of benzene rings is 4. The van der Waals surface area contributed by atoms with Crippen LogP contribution in [0.2, 0.25) is 0 Å². The Balaban J connectivity index is 1.22. The highest BCUT2D eigenvalue weighted by atomic mass is 16.6. The Morgan fingerprint density at radius 3 is 2.02 bits per heavy atom. The quantitative estimate of drug-likeness (QED) is 0.0923. The molecule has 2 aromatic heterocycles. The number of anilines is 1. The minimum atomic E-state index is -1.69. The Morgan fingerprint density at radius 2 is 1.42 bits per heavy atom. The van der Waals surface area contributed by atoms with E-state index in [1.54, 1.807) is 43.1 Å². The van der Waals surface area contributed by atoms with Crippen molar-refractivity contribution in [1.29, 1.82) is 0 Å². The summed E-state index contributed by atoms with van der Waals surface area (Å²) in [5.74, 6) is -1.32. The van der Waals surface area contributed by atoms with Gasteiger partial charge in [0, 0.05) is 6.42 Å². The number of aromatic nitrogens is 4. The summed E-state index contributed by atoms with van der Waals surface area (Å²) >= 11 is 0. The minimum absolute atomic E-state index is 0.0584. The Bertz CT molecular complexity index is 2310. The summed E-state index contributed by atoms with van der Waals surface area (Å²) in [5.41, 5.74) is 1.58. The highest BCUT2D eigenvalue weighted by molar-refractivity contribution is 5.97. The second-order valence-corrected chi connectivity index (χ2v) is 13.5. The Morgan fingerprint density at radius 1 is 0.814 bits per heavy atom. The van der Waals surface area contributed by atoms with Crippen molar-refractivity contribution in [3.8, 4) is 17.2 Å². The number of para-hydroxylation sites is 1. The fourth-order valence-electron chi connectivity index (χ4n) is 7.00. The third-order valence-electron chi connectivity index (χ3n) is 9.83. The van der Waals surface area contributed by atoms with Gasteiger partial charge in [-0.25, -0.2) is 19.7 Å². The standard InChI is InChI=1S/C43H41N5O11/c1-54-30-17-13-28(14-18-30)43(27-9-5-3-6-10-27,29-15-19-31(55-2)20-16-29)57-23-35-33(58-34(42(52)53)22-38(50)51)21-37(59-35)48-26-46-39-40(44-25-45-41(39)48)47-36(49)24-56-32-11-7-4-8-12-32/h3-20,25-26,33-35,37H,21-24H2,1-2H3,(H,50,51)(H,52,53)(H,44,45,47,49)/t33-,34?,35+,37+/m0/s1. The van der Waals surface area contributed by atoms with Gasteiger partial charge in [-0.15, -0.1) is 0 Å². The fourth-order valence-corrected chi connectivity index (χ4v) is 7.00. The number of rotatable bonds is 18. The van der Waals surface area contributed by atoms with E-state index in [9.17, 15) is 24.6 Å². The molecule has 6 aromatic rings. The third kappa shape index (κ3) is 8.99. The summed E-state index contributed by atoms with van der Waals surface area (Å²) in [4.78, 5) is 50.0. The minimum Gasteiger partial charge on any atom is -0.497 e. The molecule has 0 radical (unpaired) electrons. The molecule has 16 nitrogen and oxygen atoms in total. The van der Waals surface area contributed by atoms with E-state index < -0.39 is 54.4 Å². The lowest BCUT2D eigenvalue weighted by atomic mass is 9.80. The fraction of sp³-hybridized carbons (Fsp3) is 0.256. The molecule has 0 spiro atoms. The van der Waals surface area contributed by atoms with E-state index in [2.05, 4.69) is 20.3 Å². The Kier molecular flexibility index (Phi) is 12.4. The van der Waals surface area contributed by atoms with Crippen molar-refractivity contribution >= 4 is 34.8 Å². The third-order valence-corrected chi connectivity index (χ3v) is 9.83. The molecule has 3 heterocycles. The van der Waals surface area contributed by atoms with Gasteiger partial charge in [0.05, 0.1) is 39.7 Å². The number of methoxy groups -OCH3 is 2. The van der Waals surface area contributed by atoms with Gasteiger partial charge in [0.1, 0.15) is 41.5 Å². The molecule has 7 rings (SSSR count). The zero-order valence-electron chi connectivity index (χ0n) is 32.0. The number of imidazole rings is 1. The molecular formula is C43H41N5O11. The first-order valence-electron chi connectivity index (χ1n) is 18.6. The maximum Gasteiger partial charge on any atom is 0.333 e. The van der Waals surface area contributed by atoms with Gasteiger partial charge >= 0.3 is 11.9 Å². The molecule has 1 unspecified atom stereocenters. The number of fused-ring (bicyclic) bond motifs is 1. The topological polar surface area (TPSA) is 203 Å². The summed E-state index contributed by atoms with van der Waals surface area (Å²) in [7, 11) is 3.16. The van der Waals surface area contributed by atoms with Gasteiger partial charge in [-0.2, -0.15) is 0 Å². The second kappa shape index (κ2) is 18.1. The van der Waals surface area contributed by atoms with Crippen molar-refractivity contribution in [3.63, 3.8) is 0 Å². The van der Waals surface area contributed by atoms with Crippen LogP contribution in [0.25, 0.3) is 11.2 Å². The van der Waals surface area contributed by atoms with Crippen molar-refractivity contribution in [1.82, 2.24) is 19.5 Å². The number of ether oxygens (including phenoxy) is 6. The lowest BCUT2D eigenvalue weighted by molar-refractivity contribution is -0.166. The molecule has 59 heavy (non-hydrogen) atoms. The normalized spacial score (nSPS) is 16.9. The number of hydrogen-bond acceptors (Lipinski definition) is 12. The zero-order chi connectivity index (χ0) is 41.4. The average Bonchev–Trinajstić information content (AvgIpc) is 3.88. The highest BCUT2D eigenvalue weighted by Gasteiger charge is 2.44. The average molecular weight is 804 g/mol. The molecular weight excluding hydrogens is 762 g/mol. The van der Waals surface area contributed by atoms with E-state index in [-0.39, 0.29) is 31.0 Å². The van der Waals surface area contributed by atoms with Crippen molar-refractivity contribution < 1.29 is 53.0 Å². The molecule has 1 aliphatic heterocycles. The zero-order valence-corrected chi connectivity index (χ0v) is 32.0. The lowest BCUT2D eigenvalue weighted by Crippen LogP contribution is -2.40. The number of carbonyl (C=O) groups is 3. The van der Waals surface area contributed by atoms with Crippen LogP contribution >= 0.6 is 0 Å². The van der Waals surface area contributed by atoms with E-state index >= 15 is 0 Å².